The number of nitrogens with zero attached hydrogens (tertiary/aromatic N) is 2. The normalized spacial score (nSPS) is 21.5. The third-order valence-corrected chi connectivity index (χ3v) is 6.63. The zero-order valence-electron chi connectivity index (χ0n) is 17.0. The Bertz CT molecular complexity index is 1030. The number of carbonyl (C=O) groups excluding carboxylic acids is 2. The van der Waals surface area contributed by atoms with Crippen molar-refractivity contribution in [3.05, 3.63) is 41.4 Å². The number of carbonyl (C=O) groups is 2. The summed E-state index contributed by atoms with van der Waals surface area (Å²) < 4.78 is 15.3. The second-order valence-electron chi connectivity index (χ2n) is 8.52. The highest BCUT2D eigenvalue weighted by Crippen LogP contribution is 2.44. The minimum atomic E-state index is -0.485. The Labute approximate surface area is 169 Å². The Hall–Kier alpha value is -2.83. The fraction of sp³-hybridized carbons (Fsp3) is 0.455. The molecular weight excluding hydrogens is 371 g/mol. The Morgan fingerprint density at radius 1 is 1.31 bits per heavy atom. The lowest BCUT2D eigenvalue weighted by atomic mass is 9.86. The van der Waals surface area contributed by atoms with E-state index in [2.05, 4.69) is 16.5 Å². The Morgan fingerprint density at radius 3 is 2.72 bits per heavy atom. The van der Waals surface area contributed by atoms with E-state index in [0.29, 0.717) is 24.3 Å². The van der Waals surface area contributed by atoms with Crippen LogP contribution in [-0.4, -0.2) is 47.9 Å². The molecule has 6 nitrogen and oxygen atoms in total. The summed E-state index contributed by atoms with van der Waals surface area (Å²) >= 11 is 0. The maximum Gasteiger partial charge on any atom is 0.245 e. The van der Waals surface area contributed by atoms with E-state index in [1.54, 1.807) is 0 Å². The van der Waals surface area contributed by atoms with Gasteiger partial charge in [0.05, 0.1) is 17.6 Å². The number of hydrogen-bond acceptors (Lipinski definition) is 3. The molecule has 29 heavy (non-hydrogen) atoms. The van der Waals surface area contributed by atoms with Crippen LogP contribution in [0.2, 0.25) is 0 Å². The fourth-order valence-electron chi connectivity index (χ4n) is 5.02. The van der Waals surface area contributed by atoms with E-state index in [9.17, 15) is 9.59 Å². The average molecular weight is 398 g/mol. The first-order valence-corrected chi connectivity index (χ1v) is 9.99. The third kappa shape index (κ3) is 3.18. The molecule has 7 heteroatoms. The molecule has 1 spiro atoms. The van der Waals surface area contributed by atoms with E-state index in [4.69, 9.17) is 5.73 Å². The van der Waals surface area contributed by atoms with Gasteiger partial charge in [0.25, 0.3) is 0 Å². The van der Waals surface area contributed by atoms with Gasteiger partial charge in [0.2, 0.25) is 11.8 Å². The van der Waals surface area contributed by atoms with E-state index in [1.807, 2.05) is 18.7 Å². The van der Waals surface area contributed by atoms with Crippen molar-refractivity contribution in [2.45, 2.75) is 33.1 Å². The summed E-state index contributed by atoms with van der Waals surface area (Å²) in [6.45, 7) is 10.3. The van der Waals surface area contributed by atoms with Gasteiger partial charge in [0.1, 0.15) is 5.82 Å². The molecule has 2 amide bonds. The van der Waals surface area contributed by atoms with Gasteiger partial charge in [-0.15, -0.1) is 0 Å². The summed E-state index contributed by atoms with van der Waals surface area (Å²) in [5, 5.41) is 0.827. The first-order valence-electron chi connectivity index (χ1n) is 9.99. The molecule has 0 saturated carbocycles. The van der Waals surface area contributed by atoms with Gasteiger partial charge in [-0.25, -0.2) is 4.39 Å². The zero-order valence-corrected chi connectivity index (χ0v) is 17.0. The predicted molar refractivity (Wildman–Crippen MR) is 111 cm³/mol. The molecule has 2 fully saturated rings. The van der Waals surface area contributed by atoms with Crippen LogP contribution in [0.15, 0.2) is 18.7 Å². The van der Waals surface area contributed by atoms with Crippen LogP contribution < -0.4 is 10.6 Å². The molecule has 0 radical (unpaired) electrons. The number of primary amides is 1. The number of hydrogen-bond donors (Lipinski definition) is 2. The van der Waals surface area contributed by atoms with Crippen molar-refractivity contribution in [2.75, 3.05) is 31.1 Å². The Balaban J connectivity index is 1.72. The molecule has 4 rings (SSSR count). The first-order chi connectivity index (χ1) is 13.7. The van der Waals surface area contributed by atoms with E-state index in [1.165, 1.54) is 12.1 Å². The summed E-state index contributed by atoms with van der Waals surface area (Å²) in [6, 6.07) is 1.44. The quantitative estimate of drug-likeness (QED) is 0.777. The van der Waals surface area contributed by atoms with Gasteiger partial charge in [0.15, 0.2) is 0 Å². The highest BCUT2D eigenvalue weighted by atomic mass is 19.1. The number of amides is 2. The molecule has 2 aliphatic heterocycles. The number of likely N-dealkylation sites (tertiary alicyclic amines) is 1. The van der Waals surface area contributed by atoms with Crippen molar-refractivity contribution in [3.8, 4) is 0 Å². The van der Waals surface area contributed by atoms with E-state index in [-0.39, 0.29) is 23.6 Å². The molecule has 0 bridgehead atoms. The second-order valence-corrected chi connectivity index (χ2v) is 8.52. The highest BCUT2D eigenvalue weighted by molar-refractivity contribution is 6.00. The summed E-state index contributed by atoms with van der Waals surface area (Å²) in [7, 11) is 0. The number of fused-ring (bicyclic) bond motifs is 1. The number of aromatic nitrogens is 1. The molecule has 2 aliphatic rings. The van der Waals surface area contributed by atoms with Gasteiger partial charge in [-0.3, -0.25) is 9.59 Å². The van der Waals surface area contributed by atoms with Gasteiger partial charge in [-0.05, 0) is 50.0 Å². The summed E-state index contributed by atoms with van der Waals surface area (Å²) in [5.74, 6) is -0.854. The molecule has 154 valence electrons. The van der Waals surface area contributed by atoms with Gasteiger partial charge in [0, 0.05) is 42.7 Å². The summed E-state index contributed by atoms with van der Waals surface area (Å²) in [5.41, 5.74) is 9.25. The molecule has 1 unspecified atom stereocenters. The van der Waals surface area contributed by atoms with Gasteiger partial charge < -0.3 is 20.5 Å². The maximum atomic E-state index is 15.3. The molecular formula is C22H27FN4O2. The van der Waals surface area contributed by atoms with Crippen LogP contribution in [0.4, 0.5) is 10.1 Å². The largest absolute Gasteiger partial charge is 0.369 e. The number of nitrogens with one attached hydrogen (secondary N) is 1. The smallest absolute Gasteiger partial charge is 0.245 e. The van der Waals surface area contributed by atoms with Crippen molar-refractivity contribution in [1.29, 1.82) is 0 Å². The van der Waals surface area contributed by atoms with Crippen molar-refractivity contribution in [2.24, 2.45) is 11.1 Å². The number of H-pyrrole nitrogens is 1. The Kier molecular flexibility index (Phi) is 4.63. The molecule has 1 aromatic heterocycles. The maximum absolute atomic E-state index is 15.3. The van der Waals surface area contributed by atoms with Crippen LogP contribution >= 0.6 is 0 Å². The van der Waals surface area contributed by atoms with E-state index < -0.39 is 5.91 Å². The lowest BCUT2D eigenvalue weighted by Gasteiger charge is -2.26. The monoisotopic (exact) mass is 398 g/mol. The first kappa shape index (κ1) is 19.5. The lowest BCUT2D eigenvalue weighted by Crippen LogP contribution is -2.33. The van der Waals surface area contributed by atoms with Crippen LogP contribution in [0.3, 0.4) is 0 Å². The molecule has 3 heterocycles. The molecule has 2 saturated heterocycles. The fourth-order valence-corrected chi connectivity index (χ4v) is 5.02. The van der Waals surface area contributed by atoms with Crippen LogP contribution in [0.1, 0.15) is 29.7 Å². The van der Waals surface area contributed by atoms with Crippen molar-refractivity contribution in [3.63, 3.8) is 0 Å². The van der Waals surface area contributed by atoms with Crippen LogP contribution in [0.5, 0.6) is 0 Å². The number of halogens is 1. The van der Waals surface area contributed by atoms with E-state index in [0.717, 1.165) is 48.1 Å². The number of rotatable bonds is 4. The van der Waals surface area contributed by atoms with Gasteiger partial charge in [-0.1, -0.05) is 6.58 Å². The predicted octanol–water partition coefficient (Wildman–Crippen LogP) is 2.57. The standard InChI is InChI=1S/C22H27FN4O2/c1-4-18(29)26-7-5-22(11-26)6-8-27(12-22)21-16(23)9-15(10-17(24)28)20-19(21)13(2)14(3)25-20/h4,9,25H,1,5-8,10-12H2,2-3H3,(H2,24,28). The topological polar surface area (TPSA) is 82.4 Å². The van der Waals surface area contributed by atoms with Crippen LogP contribution in [0, 0.1) is 25.1 Å². The lowest BCUT2D eigenvalue weighted by molar-refractivity contribution is -0.125. The number of aromatic amines is 1. The number of anilines is 1. The zero-order chi connectivity index (χ0) is 20.9. The van der Waals surface area contributed by atoms with Crippen molar-refractivity contribution < 1.29 is 14.0 Å². The SMILES string of the molecule is C=CC(=O)N1CCC2(CCN(c3c(F)cc(CC(N)=O)c4[nH]c(C)c(C)c34)C2)C1. The second kappa shape index (κ2) is 6.90. The van der Waals surface area contributed by atoms with Gasteiger partial charge >= 0.3 is 0 Å². The summed E-state index contributed by atoms with van der Waals surface area (Å²) in [4.78, 5) is 30.7. The average Bonchev–Trinajstić information content (AvgIpc) is 3.35. The summed E-state index contributed by atoms with van der Waals surface area (Å²) in [6.07, 6.45) is 3.19. The van der Waals surface area contributed by atoms with Gasteiger partial charge in [-0.2, -0.15) is 0 Å². The van der Waals surface area contributed by atoms with Crippen molar-refractivity contribution >= 4 is 28.4 Å². The number of nitrogens with two attached hydrogens (primary N) is 1. The minimum absolute atomic E-state index is 0.00431. The number of aryl methyl sites for hydroxylation is 2. The van der Waals surface area contributed by atoms with E-state index >= 15 is 4.39 Å². The molecule has 3 N–H and O–H groups in total. The Morgan fingerprint density at radius 2 is 2.03 bits per heavy atom. The number of benzene rings is 1. The molecule has 2 aromatic rings. The van der Waals surface area contributed by atoms with Crippen LogP contribution in [-0.2, 0) is 16.0 Å². The molecule has 0 aliphatic carbocycles. The molecule has 1 atom stereocenters. The van der Waals surface area contributed by atoms with Crippen molar-refractivity contribution in [1.82, 2.24) is 9.88 Å². The highest BCUT2D eigenvalue weighted by Gasteiger charge is 2.45. The third-order valence-electron chi connectivity index (χ3n) is 6.63. The van der Waals surface area contributed by atoms with Crippen LogP contribution in [0.25, 0.3) is 10.9 Å². The molecule has 1 aromatic carbocycles. The minimum Gasteiger partial charge on any atom is -0.369 e.